The number of rotatable bonds is 4. The second kappa shape index (κ2) is 9.50. The number of aryl methyl sites for hydroxylation is 1. The lowest BCUT2D eigenvalue weighted by Crippen LogP contribution is -2.42. The molecule has 0 aliphatic carbocycles. The molecule has 0 spiro atoms. The molecule has 0 bridgehead atoms. The summed E-state index contributed by atoms with van der Waals surface area (Å²) in [6, 6.07) is 6.24. The minimum atomic E-state index is 0. The van der Waals surface area contributed by atoms with Gasteiger partial charge >= 0.3 is 0 Å². The average molecular weight is 435 g/mol. The van der Waals surface area contributed by atoms with Gasteiger partial charge in [-0.3, -0.25) is 0 Å². The number of hydrogen-bond acceptors (Lipinski definition) is 3. The fraction of sp³-hybridized carbons (Fsp3) is 0.562. The number of thioether (sulfide) groups is 1. The van der Waals surface area contributed by atoms with Crippen molar-refractivity contribution in [2.75, 3.05) is 24.6 Å². The quantitative estimate of drug-likeness (QED) is 0.448. The zero-order valence-electron chi connectivity index (χ0n) is 13.5. The molecule has 0 atom stereocenters. The number of hydrogen-bond donors (Lipinski definition) is 1. The third kappa shape index (κ3) is 5.87. The van der Waals surface area contributed by atoms with E-state index in [2.05, 4.69) is 35.0 Å². The molecule has 0 unspecified atom stereocenters. The molecule has 0 radical (unpaired) electrons. The number of nitrogens with zero attached hydrogens (tertiary/aromatic N) is 2. The highest BCUT2D eigenvalue weighted by Gasteiger charge is 2.12. The zero-order valence-corrected chi connectivity index (χ0v) is 16.7. The van der Waals surface area contributed by atoms with Gasteiger partial charge in [0, 0.05) is 30.2 Å². The second-order valence-corrected chi connectivity index (χ2v) is 6.78. The van der Waals surface area contributed by atoms with Crippen LogP contribution in [0.5, 0.6) is 5.75 Å². The van der Waals surface area contributed by atoms with Crippen LogP contribution in [-0.2, 0) is 6.54 Å². The Hall–Kier alpha value is -0.630. The summed E-state index contributed by atoms with van der Waals surface area (Å²) in [7, 11) is 0. The van der Waals surface area contributed by atoms with Crippen LogP contribution in [0.1, 0.15) is 25.0 Å². The molecule has 1 fully saturated rings. The largest absolute Gasteiger partial charge is 0.491 e. The fourth-order valence-electron chi connectivity index (χ4n) is 2.21. The summed E-state index contributed by atoms with van der Waals surface area (Å²) < 4.78 is 5.88. The predicted molar refractivity (Wildman–Crippen MR) is 107 cm³/mol. The lowest BCUT2D eigenvalue weighted by Gasteiger charge is -2.27. The number of nitrogens with two attached hydrogens (primary N) is 1. The van der Waals surface area contributed by atoms with Crippen LogP contribution in [0.3, 0.4) is 0 Å². The maximum Gasteiger partial charge on any atom is 0.191 e. The van der Waals surface area contributed by atoms with Gasteiger partial charge in [0.25, 0.3) is 0 Å². The van der Waals surface area contributed by atoms with Crippen molar-refractivity contribution in [2.45, 2.75) is 33.4 Å². The van der Waals surface area contributed by atoms with Gasteiger partial charge in [0.1, 0.15) is 5.75 Å². The van der Waals surface area contributed by atoms with Crippen LogP contribution in [0.4, 0.5) is 0 Å². The lowest BCUT2D eigenvalue weighted by atomic mass is 10.1. The molecule has 1 aromatic carbocycles. The molecular formula is C16H26IN3OS. The molecular weight excluding hydrogens is 409 g/mol. The molecule has 1 heterocycles. The summed E-state index contributed by atoms with van der Waals surface area (Å²) in [6.45, 7) is 8.69. The van der Waals surface area contributed by atoms with E-state index in [1.807, 2.05) is 25.6 Å². The van der Waals surface area contributed by atoms with Gasteiger partial charge < -0.3 is 15.4 Å². The van der Waals surface area contributed by atoms with Crippen LogP contribution < -0.4 is 10.5 Å². The van der Waals surface area contributed by atoms with Crippen molar-refractivity contribution in [3.63, 3.8) is 0 Å². The van der Waals surface area contributed by atoms with Crippen molar-refractivity contribution in [2.24, 2.45) is 10.7 Å². The van der Waals surface area contributed by atoms with E-state index in [9.17, 15) is 0 Å². The van der Waals surface area contributed by atoms with E-state index in [1.54, 1.807) is 0 Å². The van der Waals surface area contributed by atoms with Gasteiger partial charge in [0.15, 0.2) is 5.96 Å². The van der Waals surface area contributed by atoms with Crippen LogP contribution in [0.2, 0.25) is 0 Å². The van der Waals surface area contributed by atoms with Crippen molar-refractivity contribution in [3.05, 3.63) is 29.3 Å². The van der Waals surface area contributed by atoms with E-state index >= 15 is 0 Å². The van der Waals surface area contributed by atoms with E-state index in [-0.39, 0.29) is 30.1 Å². The number of aliphatic imine (C=N–C) groups is 1. The van der Waals surface area contributed by atoms with Crippen molar-refractivity contribution in [3.8, 4) is 5.75 Å². The number of ether oxygens (including phenoxy) is 1. The Labute approximate surface area is 154 Å². The molecule has 0 aromatic heterocycles. The van der Waals surface area contributed by atoms with Crippen LogP contribution in [0.25, 0.3) is 0 Å². The molecule has 2 N–H and O–H groups in total. The molecule has 1 aliphatic heterocycles. The SMILES string of the molecule is Cc1ccc(CN=C(N)N2CCSCC2)c(OC(C)C)c1.I. The maximum atomic E-state index is 6.10. The molecule has 0 saturated carbocycles. The summed E-state index contributed by atoms with van der Waals surface area (Å²) in [5, 5.41) is 0. The Bertz CT molecular complexity index is 502. The highest BCUT2D eigenvalue weighted by Crippen LogP contribution is 2.22. The number of benzene rings is 1. The second-order valence-electron chi connectivity index (χ2n) is 5.55. The Morgan fingerprint density at radius 3 is 2.68 bits per heavy atom. The molecule has 22 heavy (non-hydrogen) atoms. The van der Waals surface area contributed by atoms with Gasteiger partial charge in [0.05, 0.1) is 12.6 Å². The fourth-order valence-corrected chi connectivity index (χ4v) is 3.12. The van der Waals surface area contributed by atoms with E-state index < -0.39 is 0 Å². The predicted octanol–water partition coefficient (Wildman–Crippen LogP) is 3.26. The molecule has 1 saturated heterocycles. The number of halogens is 1. The first kappa shape index (κ1) is 19.4. The number of guanidine groups is 1. The average Bonchev–Trinajstić information content (AvgIpc) is 2.46. The van der Waals surface area contributed by atoms with Crippen molar-refractivity contribution in [1.29, 1.82) is 0 Å². The first-order valence-corrected chi connectivity index (χ1v) is 8.60. The minimum absolute atomic E-state index is 0. The van der Waals surface area contributed by atoms with E-state index in [0.29, 0.717) is 12.5 Å². The normalized spacial score (nSPS) is 15.6. The molecule has 4 nitrogen and oxygen atoms in total. The van der Waals surface area contributed by atoms with Gasteiger partial charge in [-0.2, -0.15) is 11.8 Å². The van der Waals surface area contributed by atoms with Crippen LogP contribution >= 0.6 is 35.7 Å². The Kier molecular flexibility index (Phi) is 8.38. The highest BCUT2D eigenvalue weighted by atomic mass is 127. The summed E-state index contributed by atoms with van der Waals surface area (Å²) in [5.74, 6) is 3.81. The van der Waals surface area contributed by atoms with Crippen molar-refractivity contribution in [1.82, 2.24) is 4.90 Å². The summed E-state index contributed by atoms with van der Waals surface area (Å²) in [6.07, 6.45) is 0.158. The smallest absolute Gasteiger partial charge is 0.191 e. The van der Waals surface area contributed by atoms with Gasteiger partial charge in [0.2, 0.25) is 0 Å². The van der Waals surface area contributed by atoms with E-state index in [4.69, 9.17) is 10.5 Å². The highest BCUT2D eigenvalue weighted by molar-refractivity contribution is 14.0. The van der Waals surface area contributed by atoms with Crippen molar-refractivity contribution < 1.29 is 4.74 Å². The van der Waals surface area contributed by atoms with Crippen LogP contribution in [0, 0.1) is 6.92 Å². The molecule has 2 rings (SSSR count). The molecule has 1 aromatic rings. The standard InChI is InChI=1S/C16H25N3OS.HI/c1-12(2)20-15-10-13(3)4-5-14(15)11-18-16(17)19-6-8-21-9-7-19;/h4-5,10,12H,6-9,11H2,1-3H3,(H2,17,18);1H. The van der Waals surface area contributed by atoms with Crippen molar-refractivity contribution >= 4 is 41.7 Å². The van der Waals surface area contributed by atoms with Crippen LogP contribution in [0.15, 0.2) is 23.2 Å². The molecule has 6 heteroatoms. The summed E-state index contributed by atoms with van der Waals surface area (Å²) in [5.41, 5.74) is 8.38. The topological polar surface area (TPSA) is 50.8 Å². The van der Waals surface area contributed by atoms with E-state index in [1.165, 1.54) is 5.56 Å². The van der Waals surface area contributed by atoms with Gasteiger partial charge in [-0.25, -0.2) is 4.99 Å². The maximum absolute atomic E-state index is 6.10. The minimum Gasteiger partial charge on any atom is -0.491 e. The van der Waals surface area contributed by atoms with E-state index in [0.717, 1.165) is 35.9 Å². The Balaban J connectivity index is 0.00000242. The van der Waals surface area contributed by atoms with Gasteiger partial charge in [-0.1, -0.05) is 12.1 Å². The third-order valence-corrected chi connectivity index (χ3v) is 4.27. The summed E-state index contributed by atoms with van der Waals surface area (Å²) in [4.78, 5) is 6.71. The van der Waals surface area contributed by atoms with Crippen LogP contribution in [-0.4, -0.2) is 41.6 Å². The molecule has 1 aliphatic rings. The van der Waals surface area contributed by atoms with Gasteiger partial charge in [-0.05, 0) is 32.4 Å². The molecule has 124 valence electrons. The Morgan fingerprint density at radius 1 is 1.36 bits per heavy atom. The third-order valence-electron chi connectivity index (χ3n) is 3.33. The summed E-state index contributed by atoms with van der Waals surface area (Å²) >= 11 is 1.97. The monoisotopic (exact) mass is 435 g/mol. The van der Waals surface area contributed by atoms with Gasteiger partial charge in [-0.15, -0.1) is 24.0 Å². The zero-order chi connectivity index (χ0) is 15.2. The first-order chi connectivity index (χ1) is 10.1. The molecule has 0 amide bonds. The first-order valence-electron chi connectivity index (χ1n) is 7.45. The lowest BCUT2D eigenvalue weighted by molar-refractivity contribution is 0.240. The Morgan fingerprint density at radius 2 is 2.05 bits per heavy atom.